The van der Waals surface area contributed by atoms with Crippen molar-refractivity contribution in [1.82, 2.24) is 9.97 Å². The zero-order valence-corrected chi connectivity index (χ0v) is 10.9. The Balaban J connectivity index is 2.82. The molecule has 0 aliphatic rings. The van der Waals surface area contributed by atoms with Gasteiger partial charge in [0.1, 0.15) is 6.33 Å². The number of nitro groups is 1. The van der Waals surface area contributed by atoms with Gasteiger partial charge in [-0.25, -0.2) is 4.98 Å². The first kappa shape index (κ1) is 14.3. The molecule has 1 aromatic rings. The molecule has 0 saturated heterocycles. The van der Waals surface area contributed by atoms with E-state index in [9.17, 15) is 14.3 Å². The predicted molar refractivity (Wildman–Crippen MR) is 67.3 cm³/mol. The van der Waals surface area contributed by atoms with Crippen molar-refractivity contribution >= 4 is 22.3 Å². The molecule has 0 fully saturated rings. The molecule has 8 nitrogen and oxygen atoms in total. The zero-order valence-electron chi connectivity index (χ0n) is 10.1. The Morgan fingerprint density at radius 1 is 1.56 bits per heavy atom. The van der Waals surface area contributed by atoms with Crippen LogP contribution in [0.1, 0.15) is 6.92 Å². The second kappa shape index (κ2) is 6.84. The predicted octanol–water partition coefficient (Wildman–Crippen LogP) is 0.574. The van der Waals surface area contributed by atoms with Crippen molar-refractivity contribution in [3.05, 3.63) is 16.4 Å². The Morgan fingerprint density at radius 3 is 2.83 bits per heavy atom. The van der Waals surface area contributed by atoms with Crippen LogP contribution >= 0.6 is 0 Å². The van der Waals surface area contributed by atoms with Gasteiger partial charge in [-0.15, -0.1) is 0 Å². The van der Waals surface area contributed by atoms with Gasteiger partial charge in [0.05, 0.1) is 12.0 Å². The van der Waals surface area contributed by atoms with Gasteiger partial charge in [-0.3, -0.25) is 14.3 Å². The van der Waals surface area contributed by atoms with Gasteiger partial charge >= 0.3 is 5.69 Å². The molecule has 1 heterocycles. The molecule has 0 aliphatic heterocycles. The average molecular weight is 274 g/mol. The number of hydrogen-bond donors (Lipinski definition) is 1. The maximum atomic E-state index is 11.2. The molecule has 1 aromatic heterocycles. The molecular formula is C9H14N4O4S. The average Bonchev–Trinajstić information content (AvgIpc) is 2.37. The molecule has 9 heteroatoms. The highest BCUT2D eigenvalue weighted by atomic mass is 32.2. The molecule has 18 heavy (non-hydrogen) atoms. The molecule has 0 bridgehead atoms. The van der Waals surface area contributed by atoms with E-state index in [0.29, 0.717) is 18.1 Å². The van der Waals surface area contributed by atoms with Crippen molar-refractivity contribution in [2.75, 3.05) is 30.5 Å². The van der Waals surface area contributed by atoms with Gasteiger partial charge in [0.15, 0.2) is 0 Å². The highest BCUT2D eigenvalue weighted by Crippen LogP contribution is 2.29. The van der Waals surface area contributed by atoms with Crippen LogP contribution in [0, 0.1) is 10.1 Å². The van der Waals surface area contributed by atoms with Crippen molar-refractivity contribution in [3.63, 3.8) is 0 Å². The van der Waals surface area contributed by atoms with Crippen LogP contribution in [0.15, 0.2) is 6.33 Å². The molecule has 1 unspecified atom stereocenters. The molecule has 0 aromatic carbocycles. The van der Waals surface area contributed by atoms with E-state index in [1.165, 1.54) is 13.4 Å². The van der Waals surface area contributed by atoms with E-state index in [2.05, 4.69) is 15.3 Å². The molecule has 0 saturated carbocycles. The minimum absolute atomic E-state index is 0.0694. The topological polar surface area (TPSA) is 107 Å². The van der Waals surface area contributed by atoms with Crippen molar-refractivity contribution in [2.24, 2.45) is 0 Å². The minimum Gasteiger partial charge on any atom is -0.476 e. The highest BCUT2D eigenvalue weighted by molar-refractivity contribution is 7.84. The van der Waals surface area contributed by atoms with Crippen LogP contribution in [-0.2, 0) is 10.8 Å². The van der Waals surface area contributed by atoms with E-state index >= 15 is 0 Å². The normalized spacial score (nSPS) is 11.9. The summed E-state index contributed by atoms with van der Waals surface area (Å²) in [6.45, 7) is 2.15. The molecule has 0 amide bonds. The lowest BCUT2D eigenvalue weighted by molar-refractivity contribution is -0.385. The summed E-state index contributed by atoms with van der Waals surface area (Å²) in [5.74, 6) is 0.922. The molecule has 0 spiro atoms. The van der Waals surface area contributed by atoms with Crippen LogP contribution in [-0.4, -0.2) is 44.3 Å². The summed E-state index contributed by atoms with van der Waals surface area (Å²) in [6.07, 6.45) is 1.17. The fraction of sp³-hybridized carbons (Fsp3) is 0.556. The van der Waals surface area contributed by atoms with Crippen molar-refractivity contribution < 1.29 is 13.9 Å². The van der Waals surface area contributed by atoms with E-state index in [1.807, 2.05) is 6.92 Å². The second-order valence-corrected chi connectivity index (χ2v) is 5.06. The fourth-order valence-corrected chi connectivity index (χ4v) is 1.85. The van der Waals surface area contributed by atoms with Gasteiger partial charge in [0.25, 0.3) is 5.88 Å². The van der Waals surface area contributed by atoms with E-state index in [0.717, 1.165) is 0 Å². The third-order valence-corrected chi connectivity index (χ3v) is 3.41. The molecule has 0 radical (unpaired) electrons. The number of anilines is 1. The fourth-order valence-electron chi connectivity index (χ4n) is 1.23. The standard InChI is InChI=1S/C9H14N4O4S/c1-3-18(16)5-4-10-8-7(13(14)15)9(17-2)12-6-11-8/h6H,3-5H2,1-2H3,(H,10,11,12). The summed E-state index contributed by atoms with van der Waals surface area (Å²) in [7, 11) is 0.365. The van der Waals surface area contributed by atoms with Crippen LogP contribution in [0.5, 0.6) is 5.88 Å². The number of hydrogen-bond acceptors (Lipinski definition) is 7. The number of aromatic nitrogens is 2. The Hall–Kier alpha value is -1.77. The Morgan fingerprint density at radius 2 is 2.28 bits per heavy atom. The maximum absolute atomic E-state index is 11.2. The van der Waals surface area contributed by atoms with E-state index in [4.69, 9.17) is 4.74 Å². The molecule has 0 aliphatic carbocycles. The van der Waals surface area contributed by atoms with Gasteiger partial charge in [0, 0.05) is 28.9 Å². The van der Waals surface area contributed by atoms with Crippen LogP contribution in [0.3, 0.4) is 0 Å². The molecule has 1 atom stereocenters. The summed E-state index contributed by atoms with van der Waals surface area (Å²) >= 11 is 0. The van der Waals surface area contributed by atoms with E-state index in [1.54, 1.807) is 0 Å². The number of nitrogens with zero attached hydrogens (tertiary/aromatic N) is 3. The SMILES string of the molecule is CCS(=O)CCNc1ncnc(OC)c1[N+](=O)[O-]. The van der Waals surface area contributed by atoms with Crippen molar-refractivity contribution in [3.8, 4) is 5.88 Å². The Labute approximate surface area is 106 Å². The van der Waals surface area contributed by atoms with Gasteiger partial charge in [-0.1, -0.05) is 6.92 Å². The smallest absolute Gasteiger partial charge is 0.372 e. The molecule has 1 N–H and O–H groups in total. The summed E-state index contributed by atoms with van der Waals surface area (Å²) in [6, 6.07) is 0. The molecule has 100 valence electrons. The summed E-state index contributed by atoms with van der Waals surface area (Å²) in [5, 5.41) is 13.7. The van der Waals surface area contributed by atoms with Crippen LogP contribution in [0.2, 0.25) is 0 Å². The monoisotopic (exact) mass is 274 g/mol. The van der Waals surface area contributed by atoms with E-state index < -0.39 is 15.7 Å². The van der Waals surface area contributed by atoms with Crippen molar-refractivity contribution in [2.45, 2.75) is 6.92 Å². The number of nitrogens with one attached hydrogen (secondary N) is 1. The van der Waals surface area contributed by atoms with Gasteiger partial charge in [-0.05, 0) is 0 Å². The number of rotatable bonds is 7. The lowest BCUT2D eigenvalue weighted by atomic mass is 10.4. The van der Waals surface area contributed by atoms with Gasteiger partial charge < -0.3 is 10.1 Å². The van der Waals surface area contributed by atoms with Gasteiger partial charge in [-0.2, -0.15) is 4.98 Å². The third-order valence-electron chi connectivity index (χ3n) is 2.11. The lowest BCUT2D eigenvalue weighted by Gasteiger charge is -2.07. The second-order valence-electron chi connectivity index (χ2n) is 3.20. The summed E-state index contributed by atoms with van der Waals surface area (Å²) < 4.78 is 16.0. The van der Waals surface area contributed by atoms with Crippen LogP contribution in [0.4, 0.5) is 11.5 Å². The summed E-state index contributed by atoms with van der Waals surface area (Å²) in [5.41, 5.74) is -0.317. The lowest BCUT2D eigenvalue weighted by Crippen LogP contribution is -2.14. The van der Waals surface area contributed by atoms with Crippen LogP contribution in [0.25, 0.3) is 0 Å². The molecular weight excluding hydrogens is 260 g/mol. The van der Waals surface area contributed by atoms with Gasteiger partial charge in [0.2, 0.25) is 5.82 Å². The first-order valence-electron chi connectivity index (χ1n) is 5.22. The zero-order chi connectivity index (χ0) is 13.5. The Kier molecular flexibility index (Phi) is 5.43. The highest BCUT2D eigenvalue weighted by Gasteiger charge is 2.23. The third kappa shape index (κ3) is 3.62. The summed E-state index contributed by atoms with van der Waals surface area (Å²) in [4.78, 5) is 17.7. The van der Waals surface area contributed by atoms with E-state index in [-0.39, 0.29) is 17.4 Å². The van der Waals surface area contributed by atoms with Crippen molar-refractivity contribution in [1.29, 1.82) is 0 Å². The largest absolute Gasteiger partial charge is 0.476 e. The quantitative estimate of drug-likeness (QED) is 0.572. The number of ether oxygens (including phenoxy) is 1. The van der Waals surface area contributed by atoms with Crippen LogP contribution < -0.4 is 10.1 Å². The molecule has 1 rings (SSSR count). The first-order chi connectivity index (χ1) is 8.60. The first-order valence-corrected chi connectivity index (χ1v) is 6.71. The maximum Gasteiger partial charge on any atom is 0.372 e. The number of methoxy groups -OCH3 is 1. The minimum atomic E-state index is -0.932. The Bertz CT molecular complexity index is 454.